The highest BCUT2D eigenvalue weighted by molar-refractivity contribution is 8.26. The van der Waals surface area contributed by atoms with E-state index in [2.05, 4.69) is 0 Å². The second-order valence-corrected chi connectivity index (χ2v) is 9.72. The van der Waals surface area contributed by atoms with Crippen LogP contribution in [0.2, 0.25) is 0 Å². The van der Waals surface area contributed by atoms with Crippen molar-refractivity contribution in [3.63, 3.8) is 0 Å². The molecule has 0 aliphatic carbocycles. The van der Waals surface area contributed by atoms with Crippen LogP contribution in [0.5, 0.6) is 17.2 Å². The number of methoxy groups -OCH3 is 1. The molecule has 190 valence electrons. The fraction of sp³-hybridized carbons (Fsp3) is 0.179. The van der Waals surface area contributed by atoms with Gasteiger partial charge in [0.05, 0.1) is 30.7 Å². The number of hydrogen-bond acceptors (Lipinski definition) is 7. The Labute approximate surface area is 224 Å². The third-order valence-electron chi connectivity index (χ3n) is 5.53. The third-order valence-corrected chi connectivity index (χ3v) is 6.91. The average Bonchev–Trinajstić information content (AvgIpc) is 3.16. The Morgan fingerprint density at radius 3 is 2.35 bits per heavy atom. The van der Waals surface area contributed by atoms with Crippen molar-refractivity contribution >= 4 is 46.3 Å². The summed E-state index contributed by atoms with van der Waals surface area (Å²) in [6, 6.07) is 19.5. The molecule has 1 aliphatic heterocycles. The van der Waals surface area contributed by atoms with Crippen molar-refractivity contribution in [1.82, 2.24) is 4.90 Å². The number of rotatable bonds is 10. The summed E-state index contributed by atoms with van der Waals surface area (Å²) in [4.78, 5) is 26.2. The van der Waals surface area contributed by atoms with Crippen LogP contribution in [-0.4, -0.2) is 39.9 Å². The minimum Gasteiger partial charge on any atom is -0.497 e. The van der Waals surface area contributed by atoms with E-state index < -0.39 is 5.97 Å². The summed E-state index contributed by atoms with van der Waals surface area (Å²) in [6.07, 6.45) is 1.80. The number of carboxylic acids is 1. The predicted octanol–water partition coefficient (Wildman–Crippen LogP) is 5.77. The highest BCUT2D eigenvalue weighted by Gasteiger charge is 2.32. The number of carboxylic acid groups (broad SMARTS) is 1. The van der Waals surface area contributed by atoms with Crippen LogP contribution in [0.15, 0.2) is 71.6 Å². The number of carbonyl (C=O) groups excluding carboxylic acids is 1. The topological polar surface area (TPSA) is 85.3 Å². The van der Waals surface area contributed by atoms with Crippen LogP contribution in [-0.2, 0) is 17.9 Å². The van der Waals surface area contributed by atoms with Gasteiger partial charge in [-0.3, -0.25) is 9.69 Å². The Morgan fingerprint density at radius 1 is 1.00 bits per heavy atom. The van der Waals surface area contributed by atoms with Crippen molar-refractivity contribution in [1.29, 1.82) is 0 Å². The summed E-state index contributed by atoms with van der Waals surface area (Å²) in [7, 11) is 1.61. The van der Waals surface area contributed by atoms with Crippen molar-refractivity contribution in [3.8, 4) is 17.2 Å². The van der Waals surface area contributed by atoms with Gasteiger partial charge < -0.3 is 19.3 Å². The van der Waals surface area contributed by atoms with Gasteiger partial charge in [-0.05, 0) is 66.1 Å². The van der Waals surface area contributed by atoms with Crippen LogP contribution in [0.25, 0.3) is 6.08 Å². The second-order valence-electron chi connectivity index (χ2n) is 8.05. The van der Waals surface area contributed by atoms with E-state index in [4.69, 9.17) is 31.5 Å². The molecule has 1 saturated heterocycles. The van der Waals surface area contributed by atoms with E-state index in [0.29, 0.717) is 33.9 Å². The van der Waals surface area contributed by atoms with E-state index in [1.165, 1.54) is 11.8 Å². The zero-order valence-electron chi connectivity index (χ0n) is 20.3. The number of nitrogens with zero attached hydrogens (tertiary/aromatic N) is 1. The van der Waals surface area contributed by atoms with Gasteiger partial charge in [-0.1, -0.05) is 54.3 Å². The number of hydrogen-bond donors (Lipinski definition) is 1. The number of aromatic carboxylic acids is 1. The van der Waals surface area contributed by atoms with Crippen LogP contribution in [0.4, 0.5) is 0 Å². The molecule has 0 unspecified atom stereocenters. The van der Waals surface area contributed by atoms with Gasteiger partial charge >= 0.3 is 5.97 Å². The Hall–Kier alpha value is -3.82. The lowest BCUT2D eigenvalue weighted by molar-refractivity contribution is -0.122. The van der Waals surface area contributed by atoms with Crippen molar-refractivity contribution in [3.05, 3.63) is 93.9 Å². The molecule has 0 saturated carbocycles. The van der Waals surface area contributed by atoms with Crippen LogP contribution < -0.4 is 14.2 Å². The highest BCUT2D eigenvalue weighted by atomic mass is 32.2. The van der Waals surface area contributed by atoms with E-state index >= 15 is 0 Å². The van der Waals surface area contributed by atoms with E-state index in [1.807, 2.05) is 43.3 Å². The lowest BCUT2D eigenvalue weighted by Gasteiger charge is -2.14. The second kappa shape index (κ2) is 11.9. The Morgan fingerprint density at radius 2 is 1.70 bits per heavy atom. The van der Waals surface area contributed by atoms with E-state index in [0.717, 1.165) is 22.4 Å². The summed E-state index contributed by atoms with van der Waals surface area (Å²) < 4.78 is 17.4. The smallest absolute Gasteiger partial charge is 0.335 e. The van der Waals surface area contributed by atoms with Crippen molar-refractivity contribution < 1.29 is 28.9 Å². The quantitative estimate of drug-likeness (QED) is 0.259. The van der Waals surface area contributed by atoms with Gasteiger partial charge in [0.2, 0.25) is 0 Å². The van der Waals surface area contributed by atoms with Gasteiger partial charge in [-0.15, -0.1) is 0 Å². The summed E-state index contributed by atoms with van der Waals surface area (Å²) in [5.74, 6) is 0.733. The molecular formula is C28H25NO6S2. The number of thioether (sulfide) groups is 1. The number of amides is 1. The first-order valence-corrected chi connectivity index (χ1v) is 12.7. The van der Waals surface area contributed by atoms with Crippen LogP contribution >= 0.6 is 24.0 Å². The molecule has 3 aromatic rings. The van der Waals surface area contributed by atoms with Crippen LogP contribution in [0, 0.1) is 0 Å². The maximum atomic E-state index is 13.1. The van der Waals surface area contributed by atoms with Gasteiger partial charge in [-0.25, -0.2) is 4.79 Å². The molecule has 1 heterocycles. The van der Waals surface area contributed by atoms with E-state index in [1.54, 1.807) is 48.4 Å². The van der Waals surface area contributed by atoms with Crippen molar-refractivity contribution in [2.45, 2.75) is 20.1 Å². The minimum atomic E-state index is -0.973. The molecule has 37 heavy (non-hydrogen) atoms. The molecule has 0 bridgehead atoms. The molecule has 0 aromatic heterocycles. The Kier molecular flexibility index (Phi) is 8.47. The zero-order chi connectivity index (χ0) is 26.4. The molecule has 4 rings (SSSR count). The molecule has 1 amide bonds. The molecule has 0 radical (unpaired) electrons. The normalized spacial score (nSPS) is 14.2. The SMILES string of the molecule is CCOc1cc(/C=C2\SC(=S)N(Cc3ccc(OC)cc3)C2=O)ccc1OCc1ccc(C(=O)O)cc1. The zero-order valence-corrected chi connectivity index (χ0v) is 21.9. The van der Waals surface area contributed by atoms with E-state index in [9.17, 15) is 9.59 Å². The fourth-order valence-corrected chi connectivity index (χ4v) is 4.86. The monoisotopic (exact) mass is 535 g/mol. The van der Waals surface area contributed by atoms with Gasteiger partial charge in [0.25, 0.3) is 5.91 Å². The standard InChI is InChI=1S/C28H25NO6S2/c1-3-34-24-14-20(8-13-23(24)35-17-19-4-9-21(10-5-19)27(31)32)15-25-26(30)29(28(36)37-25)16-18-6-11-22(33-2)12-7-18/h4-15H,3,16-17H2,1-2H3,(H,31,32)/b25-15-. The maximum Gasteiger partial charge on any atom is 0.335 e. The Bertz CT molecular complexity index is 1340. The summed E-state index contributed by atoms with van der Waals surface area (Å²) in [5, 5.41) is 9.05. The summed E-state index contributed by atoms with van der Waals surface area (Å²) >= 11 is 6.74. The predicted molar refractivity (Wildman–Crippen MR) is 147 cm³/mol. The maximum absolute atomic E-state index is 13.1. The first kappa shape index (κ1) is 26.2. The van der Waals surface area contributed by atoms with E-state index in [-0.39, 0.29) is 18.1 Å². The number of thiocarbonyl (C=S) groups is 1. The molecule has 1 N–H and O–H groups in total. The fourth-order valence-electron chi connectivity index (χ4n) is 3.61. The molecule has 9 heteroatoms. The van der Waals surface area contributed by atoms with Gasteiger partial charge in [0.15, 0.2) is 11.5 Å². The Balaban J connectivity index is 1.47. The van der Waals surface area contributed by atoms with Crippen molar-refractivity contribution in [2.24, 2.45) is 0 Å². The number of carbonyl (C=O) groups is 2. The minimum absolute atomic E-state index is 0.145. The molecule has 1 aliphatic rings. The lowest BCUT2D eigenvalue weighted by atomic mass is 10.1. The number of ether oxygens (including phenoxy) is 3. The summed E-state index contributed by atoms with van der Waals surface area (Å²) in [6.45, 7) is 2.96. The first-order valence-electron chi connectivity index (χ1n) is 11.5. The molecule has 3 aromatic carbocycles. The van der Waals surface area contributed by atoms with Gasteiger partial charge in [0, 0.05) is 0 Å². The largest absolute Gasteiger partial charge is 0.497 e. The third kappa shape index (κ3) is 6.49. The molecule has 0 atom stereocenters. The van der Waals surface area contributed by atoms with Gasteiger partial charge in [-0.2, -0.15) is 0 Å². The first-order chi connectivity index (χ1) is 17.9. The molecule has 7 nitrogen and oxygen atoms in total. The summed E-state index contributed by atoms with van der Waals surface area (Å²) in [5.41, 5.74) is 2.79. The van der Waals surface area contributed by atoms with Gasteiger partial charge in [0.1, 0.15) is 16.7 Å². The van der Waals surface area contributed by atoms with Crippen molar-refractivity contribution in [2.75, 3.05) is 13.7 Å². The average molecular weight is 536 g/mol. The molecule has 0 spiro atoms. The van der Waals surface area contributed by atoms with Crippen LogP contribution in [0.3, 0.4) is 0 Å². The molecular weight excluding hydrogens is 510 g/mol. The molecule has 1 fully saturated rings. The number of benzene rings is 3. The van der Waals surface area contributed by atoms with Crippen LogP contribution in [0.1, 0.15) is 34.0 Å². The highest BCUT2D eigenvalue weighted by Crippen LogP contribution is 2.36. The lowest BCUT2D eigenvalue weighted by Crippen LogP contribution is -2.27.